The molecule has 0 aliphatic heterocycles. The van der Waals surface area contributed by atoms with Crippen LogP contribution < -0.4 is 0 Å². The number of hydrogen-bond acceptors (Lipinski definition) is 2. The highest BCUT2D eigenvalue weighted by atomic mass is 32.2. The Morgan fingerprint density at radius 1 is 1.50 bits per heavy atom. The number of aldehydes is 1. The van der Waals surface area contributed by atoms with Crippen molar-refractivity contribution < 1.29 is 18.0 Å². The average Bonchev–Trinajstić information content (AvgIpc) is 1.59. The molecule has 0 amide bonds. The van der Waals surface area contributed by atoms with Gasteiger partial charge in [0.25, 0.3) is 0 Å². The smallest absolute Gasteiger partial charge is 0.302 e. The zero-order chi connectivity index (χ0) is 6.62. The van der Waals surface area contributed by atoms with E-state index in [0.29, 0.717) is 0 Å². The number of halogens is 3. The number of rotatable bonds is 2. The number of carbonyl (C=O) groups excluding carboxylic acids is 1. The molecule has 0 heterocycles. The Labute approximate surface area is 48.3 Å². The van der Waals surface area contributed by atoms with Crippen molar-refractivity contribution in [3.63, 3.8) is 0 Å². The second kappa shape index (κ2) is 2.96. The van der Waals surface area contributed by atoms with Crippen LogP contribution in [0.5, 0.6) is 0 Å². The topological polar surface area (TPSA) is 17.1 Å². The van der Waals surface area contributed by atoms with Gasteiger partial charge in [-0.25, -0.2) is 0 Å². The first-order valence-electron chi connectivity index (χ1n) is 1.70. The van der Waals surface area contributed by atoms with Crippen molar-refractivity contribution in [1.29, 1.82) is 0 Å². The van der Waals surface area contributed by atoms with Crippen LogP contribution in [0, 0.1) is 0 Å². The predicted molar refractivity (Wildman–Crippen MR) is 24.6 cm³/mol. The van der Waals surface area contributed by atoms with Gasteiger partial charge < -0.3 is 4.79 Å². The van der Waals surface area contributed by atoms with Crippen LogP contribution in [0.1, 0.15) is 0 Å². The molecule has 48 valence electrons. The molecule has 0 unspecified atom stereocenters. The van der Waals surface area contributed by atoms with E-state index in [0.717, 1.165) is 0 Å². The van der Waals surface area contributed by atoms with Crippen LogP contribution in [-0.4, -0.2) is 17.5 Å². The van der Waals surface area contributed by atoms with Crippen molar-refractivity contribution in [2.75, 3.05) is 5.75 Å². The van der Waals surface area contributed by atoms with E-state index in [1.807, 2.05) is 0 Å². The molecule has 0 radical (unpaired) electrons. The first-order chi connectivity index (χ1) is 3.56. The van der Waals surface area contributed by atoms with Gasteiger partial charge in [0.1, 0.15) is 6.29 Å². The summed E-state index contributed by atoms with van der Waals surface area (Å²) >= 11 is -0.334. The molecule has 0 aliphatic rings. The Morgan fingerprint density at radius 2 is 2.00 bits per heavy atom. The van der Waals surface area contributed by atoms with Gasteiger partial charge in [0.15, 0.2) is 0 Å². The summed E-state index contributed by atoms with van der Waals surface area (Å²) in [7, 11) is 0. The summed E-state index contributed by atoms with van der Waals surface area (Å²) in [5.74, 6) is -0.510. The van der Waals surface area contributed by atoms with E-state index < -0.39 is 11.3 Å². The molecule has 0 aromatic heterocycles. The third-order valence-corrected chi connectivity index (χ3v) is 0.945. The van der Waals surface area contributed by atoms with E-state index in [2.05, 4.69) is 0 Å². The van der Waals surface area contributed by atoms with Crippen molar-refractivity contribution in [1.82, 2.24) is 0 Å². The van der Waals surface area contributed by atoms with Crippen LogP contribution in [0.4, 0.5) is 13.2 Å². The lowest BCUT2D eigenvalue weighted by Crippen LogP contribution is -2.01. The van der Waals surface area contributed by atoms with Gasteiger partial charge in [-0.3, -0.25) is 0 Å². The fourth-order valence-electron chi connectivity index (χ4n) is 0.129. The van der Waals surface area contributed by atoms with E-state index in [1.165, 1.54) is 0 Å². The van der Waals surface area contributed by atoms with Crippen LogP contribution >= 0.6 is 11.8 Å². The highest BCUT2D eigenvalue weighted by molar-refractivity contribution is 8.00. The lowest BCUT2D eigenvalue weighted by atomic mass is 10.9. The van der Waals surface area contributed by atoms with Crippen molar-refractivity contribution in [3.05, 3.63) is 0 Å². The Hall–Kier alpha value is -0.190. The van der Waals surface area contributed by atoms with Crippen LogP contribution in [0.15, 0.2) is 0 Å². The Kier molecular flexibility index (Phi) is 2.89. The number of thioether (sulfide) groups is 1. The first-order valence-corrected chi connectivity index (χ1v) is 2.69. The van der Waals surface area contributed by atoms with Crippen LogP contribution in [0.2, 0.25) is 0 Å². The maximum Gasteiger partial charge on any atom is 0.442 e. The zero-order valence-corrected chi connectivity index (χ0v) is 4.55. The minimum atomic E-state index is -4.26. The fraction of sp³-hybridized carbons (Fsp3) is 0.667. The van der Waals surface area contributed by atoms with Gasteiger partial charge in [-0.2, -0.15) is 13.2 Å². The molecule has 0 fully saturated rings. The van der Waals surface area contributed by atoms with Crippen LogP contribution in [0.25, 0.3) is 0 Å². The number of hydrogen-bond donors (Lipinski definition) is 0. The summed E-state index contributed by atoms with van der Waals surface area (Å²) in [6, 6.07) is 0. The second-order valence-corrected chi connectivity index (χ2v) is 2.01. The minimum absolute atomic E-state index is 0.220. The van der Waals surface area contributed by atoms with E-state index in [9.17, 15) is 18.0 Å². The number of carbonyl (C=O) groups is 1. The summed E-state index contributed by atoms with van der Waals surface area (Å²) in [5.41, 5.74) is -4.26. The Morgan fingerprint density at radius 3 is 2.12 bits per heavy atom. The van der Waals surface area contributed by atoms with Gasteiger partial charge in [-0.05, 0) is 11.8 Å². The summed E-state index contributed by atoms with van der Waals surface area (Å²) in [6.45, 7) is 0. The van der Waals surface area contributed by atoms with Gasteiger partial charge in [-0.15, -0.1) is 0 Å². The van der Waals surface area contributed by atoms with E-state index in [4.69, 9.17) is 0 Å². The van der Waals surface area contributed by atoms with E-state index in [1.54, 1.807) is 0 Å². The molecule has 1 nitrogen and oxygen atoms in total. The van der Waals surface area contributed by atoms with Crippen molar-refractivity contribution in [2.45, 2.75) is 5.51 Å². The molecule has 0 rings (SSSR count). The SMILES string of the molecule is O=CCSC(F)(F)F. The first kappa shape index (κ1) is 7.81. The zero-order valence-electron chi connectivity index (χ0n) is 3.73. The Bertz CT molecular complexity index is 79.1. The third kappa shape index (κ3) is 5.81. The predicted octanol–water partition coefficient (Wildman–Crippen LogP) is 1.44. The molecule has 0 N–H and O–H groups in total. The highest BCUT2D eigenvalue weighted by Gasteiger charge is 2.27. The van der Waals surface area contributed by atoms with Crippen molar-refractivity contribution in [3.8, 4) is 0 Å². The molecule has 0 aromatic carbocycles. The van der Waals surface area contributed by atoms with E-state index in [-0.39, 0.29) is 18.0 Å². The quantitative estimate of drug-likeness (QED) is 0.545. The second-order valence-electron chi connectivity index (χ2n) is 0.923. The van der Waals surface area contributed by atoms with Gasteiger partial charge in [0.05, 0.1) is 5.75 Å². The standard InChI is InChI=1S/C3H3F3OS/c4-3(5,6)8-2-1-7/h1H,2H2. The third-order valence-electron chi connectivity index (χ3n) is 0.315. The van der Waals surface area contributed by atoms with Crippen molar-refractivity contribution in [2.24, 2.45) is 0 Å². The van der Waals surface area contributed by atoms with Crippen molar-refractivity contribution >= 4 is 18.0 Å². The Balaban J connectivity index is 3.24. The average molecular weight is 144 g/mol. The minimum Gasteiger partial charge on any atom is -0.302 e. The normalized spacial score (nSPS) is 11.4. The molecule has 0 saturated carbocycles. The molecular weight excluding hydrogens is 141 g/mol. The van der Waals surface area contributed by atoms with Crippen LogP contribution in [0.3, 0.4) is 0 Å². The van der Waals surface area contributed by atoms with Gasteiger partial charge in [-0.1, -0.05) is 0 Å². The van der Waals surface area contributed by atoms with Gasteiger partial charge in [0.2, 0.25) is 0 Å². The van der Waals surface area contributed by atoms with Crippen LogP contribution in [-0.2, 0) is 4.79 Å². The lowest BCUT2D eigenvalue weighted by Gasteiger charge is -1.98. The maximum atomic E-state index is 11.0. The molecule has 0 atom stereocenters. The largest absolute Gasteiger partial charge is 0.442 e. The molecular formula is C3H3F3OS. The summed E-state index contributed by atoms with van der Waals surface area (Å²) in [4.78, 5) is 9.33. The molecule has 0 bridgehead atoms. The number of alkyl halides is 3. The summed E-state index contributed by atoms with van der Waals surface area (Å²) in [5, 5.41) is 0. The summed E-state index contributed by atoms with van der Waals surface area (Å²) in [6.07, 6.45) is 0.220. The molecule has 0 saturated heterocycles. The molecule has 0 aromatic rings. The molecule has 8 heavy (non-hydrogen) atoms. The molecule has 5 heteroatoms. The monoisotopic (exact) mass is 144 g/mol. The molecule has 0 aliphatic carbocycles. The lowest BCUT2D eigenvalue weighted by molar-refractivity contribution is -0.106. The highest BCUT2D eigenvalue weighted by Crippen LogP contribution is 2.28. The molecule has 0 spiro atoms. The fourth-order valence-corrected chi connectivity index (χ4v) is 0.386. The maximum absolute atomic E-state index is 11.0. The van der Waals surface area contributed by atoms with Gasteiger partial charge in [0, 0.05) is 0 Å². The summed E-state index contributed by atoms with van der Waals surface area (Å²) < 4.78 is 33.1. The van der Waals surface area contributed by atoms with E-state index >= 15 is 0 Å². The van der Waals surface area contributed by atoms with Gasteiger partial charge >= 0.3 is 5.51 Å².